The van der Waals surface area contributed by atoms with Crippen molar-refractivity contribution in [2.75, 3.05) is 29.5 Å². The summed E-state index contributed by atoms with van der Waals surface area (Å²) in [6, 6.07) is 3.18. The lowest BCUT2D eigenvalue weighted by atomic mass is 10.0. The molecule has 1 saturated heterocycles. The number of carbonyl (C=O) groups excluding carboxylic acids is 1. The molecule has 0 radical (unpaired) electrons. The molecular weight excluding hydrogens is 248 g/mol. The maximum atomic E-state index is 11.4. The number of hydrogen-bond acceptors (Lipinski definition) is 4. The van der Waals surface area contributed by atoms with Gasteiger partial charge in [-0.15, -0.1) is 0 Å². The van der Waals surface area contributed by atoms with E-state index in [0.717, 1.165) is 35.8 Å². The molecule has 1 aliphatic heterocycles. The van der Waals surface area contributed by atoms with E-state index in [-0.39, 0.29) is 5.75 Å². The van der Waals surface area contributed by atoms with Gasteiger partial charge < -0.3 is 15.7 Å². The van der Waals surface area contributed by atoms with Crippen molar-refractivity contribution in [2.24, 2.45) is 5.73 Å². The van der Waals surface area contributed by atoms with Crippen molar-refractivity contribution in [1.82, 2.24) is 0 Å². The molecule has 98 valence electrons. The molecule has 1 fully saturated rings. The molecule has 0 aromatic heterocycles. The highest BCUT2D eigenvalue weighted by molar-refractivity contribution is 7.99. The van der Waals surface area contributed by atoms with Gasteiger partial charge in [0.1, 0.15) is 5.75 Å². The average molecular weight is 266 g/mol. The molecule has 1 aromatic rings. The van der Waals surface area contributed by atoms with E-state index in [9.17, 15) is 9.90 Å². The normalized spacial score (nSPS) is 15.7. The number of rotatable bonds is 3. The highest BCUT2D eigenvalue weighted by Gasteiger charge is 2.21. The Labute approximate surface area is 111 Å². The van der Waals surface area contributed by atoms with Crippen molar-refractivity contribution in [3.05, 3.63) is 23.3 Å². The van der Waals surface area contributed by atoms with Crippen LogP contribution < -0.4 is 10.6 Å². The van der Waals surface area contributed by atoms with Gasteiger partial charge in [-0.1, -0.05) is 6.92 Å². The number of aromatic hydroxyl groups is 1. The second-order valence-electron chi connectivity index (χ2n) is 4.28. The smallest absolute Gasteiger partial charge is 0.249 e. The van der Waals surface area contributed by atoms with E-state index in [1.54, 1.807) is 12.1 Å². The minimum Gasteiger partial charge on any atom is -0.506 e. The maximum absolute atomic E-state index is 11.4. The largest absolute Gasteiger partial charge is 0.506 e. The predicted octanol–water partition coefficient (Wildman–Crippen LogP) is 1.61. The number of nitrogens with two attached hydrogens (primary N) is 1. The van der Waals surface area contributed by atoms with Gasteiger partial charge in [0.15, 0.2) is 0 Å². The molecule has 4 nitrogen and oxygen atoms in total. The van der Waals surface area contributed by atoms with E-state index in [2.05, 4.69) is 4.90 Å². The number of anilines is 1. The van der Waals surface area contributed by atoms with Gasteiger partial charge in [0.2, 0.25) is 5.91 Å². The standard InChI is InChI=1S/C13H18N2O2S/c1-2-9-10(13(14)17)3-4-11(16)12(9)15-5-7-18-8-6-15/h3-4,16H,2,5-8H2,1H3,(H2,14,17). The number of phenolic OH excluding ortho intramolecular Hbond substituents is 1. The third-order valence-corrected chi connectivity index (χ3v) is 4.15. The first-order valence-corrected chi connectivity index (χ1v) is 7.28. The Bertz CT molecular complexity index is 457. The Hall–Kier alpha value is -1.36. The van der Waals surface area contributed by atoms with E-state index >= 15 is 0 Å². The molecule has 0 bridgehead atoms. The van der Waals surface area contributed by atoms with Crippen molar-refractivity contribution >= 4 is 23.4 Å². The molecule has 0 atom stereocenters. The molecule has 2 rings (SSSR count). The SMILES string of the molecule is CCc1c(C(N)=O)ccc(O)c1N1CCSCC1. The summed E-state index contributed by atoms with van der Waals surface area (Å²) in [7, 11) is 0. The molecule has 0 unspecified atom stereocenters. The van der Waals surface area contributed by atoms with Gasteiger partial charge >= 0.3 is 0 Å². The van der Waals surface area contributed by atoms with E-state index < -0.39 is 5.91 Å². The molecule has 0 aliphatic carbocycles. The molecule has 1 aliphatic rings. The van der Waals surface area contributed by atoms with Crippen molar-refractivity contribution in [3.8, 4) is 5.75 Å². The highest BCUT2D eigenvalue weighted by Crippen LogP contribution is 2.35. The minimum atomic E-state index is -0.431. The summed E-state index contributed by atoms with van der Waals surface area (Å²) in [4.78, 5) is 13.6. The quantitative estimate of drug-likeness (QED) is 0.872. The van der Waals surface area contributed by atoms with E-state index in [4.69, 9.17) is 5.73 Å². The number of thioether (sulfide) groups is 1. The summed E-state index contributed by atoms with van der Waals surface area (Å²) in [5.74, 6) is 1.90. The van der Waals surface area contributed by atoms with Gasteiger partial charge in [0, 0.05) is 30.2 Å². The van der Waals surface area contributed by atoms with Crippen LogP contribution in [0.25, 0.3) is 0 Å². The van der Waals surface area contributed by atoms with Crippen LogP contribution in [-0.2, 0) is 6.42 Å². The summed E-state index contributed by atoms with van der Waals surface area (Å²) in [5, 5.41) is 10.1. The Balaban J connectivity index is 2.49. The lowest BCUT2D eigenvalue weighted by molar-refractivity contribution is 0.0999. The third kappa shape index (κ3) is 2.41. The first-order valence-electron chi connectivity index (χ1n) is 6.12. The Morgan fingerprint density at radius 2 is 2.11 bits per heavy atom. The predicted molar refractivity (Wildman–Crippen MR) is 75.5 cm³/mol. The lowest BCUT2D eigenvalue weighted by Crippen LogP contribution is -2.33. The van der Waals surface area contributed by atoms with E-state index in [0.29, 0.717) is 12.0 Å². The Morgan fingerprint density at radius 3 is 2.67 bits per heavy atom. The Morgan fingerprint density at radius 1 is 1.44 bits per heavy atom. The topological polar surface area (TPSA) is 66.6 Å². The van der Waals surface area contributed by atoms with Gasteiger partial charge in [0.25, 0.3) is 0 Å². The molecule has 1 heterocycles. The zero-order valence-corrected chi connectivity index (χ0v) is 11.3. The van der Waals surface area contributed by atoms with E-state index in [1.165, 1.54) is 0 Å². The third-order valence-electron chi connectivity index (χ3n) is 3.21. The second kappa shape index (κ2) is 5.52. The number of carbonyl (C=O) groups is 1. The van der Waals surface area contributed by atoms with Gasteiger partial charge in [0.05, 0.1) is 5.69 Å². The van der Waals surface area contributed by atoms with Crippen LogP contribution >= 0.6 is 11.8 Å². The summed E-state index contributed by atoms with van der Waals surface area (Å²) in [6.45, 7) is 3.77. The fraction of sp³-hybridized carbons (Fsp3) is 0.462. The van der Waals surface area contributed by atoms with Crippen LogP contribution in [0.3, 0.4) is 0 Å². The number of primary amides is 1. The first kappa shape index (κ1) is 13.1. The fourth-order valence-corrected chi connectivity index (χ4v) is 3.26. The number of nitrogens with zero attached hydrogens (tertiary/aromatic N) is 1. The number of hydrogen-bond donors (Lipinski definition) is 2. The van der Waals surface area contributed by atoms with Gasteiger partial charge in [-0.25, -0.2) is 0 Å². The summed E-state index contributed by atoms with van der Waals surface area (Å²) < 4.78 is 0. The molecule has 3 N–H and O–H groups in total. The van der Waals surface area contributed by atoms with Crippen molar-refractivity contribution in [2.45, 2.75) is 13.3 Å². The van der Waals surface area contributed by atoms with Crippen LogP contribution in [0, 0.1) is 0 Å². The van der Waals surface area contributed by atoms with Crippen molar-refractivity contribution in [1.29, 1.82) is 0 Å². The lowest BCUT2D eigenvalue weighted by Gasteiger charge is -2.31. The number of phenols is 1. The van der Waals surface area contributed by atoms with Gasteiger partial charge in [-0.3, -0.25) is 4.79 Å². The molecule has 18 heavy (non-hydrogen) atoms. The van der Waals surface area contributed by atoms with Crippen LogP contribution in [0.2, 0.25) is 0 Å². The first-order chi connectivity index (χ1) is 8.65. The highest BCUT2D eigenvalue weighted by atomic mass is 32.2. The van der Waals surface area contributed by atoms with Crippen LogP contribution in [0.15, 0.2) is 12.1 Å². The zero-order chi connectivity index (χ0) is 13.1. The summed E-state index contributed by atoms with van der Waals surface area (Å²) in [6.07, 6.45) is 0.686. The van der Waals surface area contributed by atoms with Gasteiger partial charge in [-0.2, -0.15) is 11.8 Å². The second-order valence-corrected chi connectivity index (χ2v) is 5.50. The van der Waals surface area contributed by atoms with Crippen LogP contribution in [0.5, 0.6) is 5.75 Å². The number of amides is 1. The average Bonchev–Trinajstić information content (AvgIpc) is 2.38. The van der Waals surface area contributed by atoms with Crippen molar-refractivity contribution in [3.63, 3.8) is 0 Å². The summed E-state index contributed by atoms with van der Waals surface area (Å²) in [5.41, 5.74) is 7.55. The summed E-state index contributed by atoms with van der Waals surface area (Å²) >= 11 is 1.91. The van der Waals surface area contributed by atoms with Crippen molar-refractivity contribution < 1.29 is 9.90 Å². The molecule has 0 spiro atoms. The monoisotopic (exact) mass is 266 g/mol. The molecule has 1 amide bonds. The van der Waals surface area contributed by atoms with Gasteiger partial charge in [-0.05, 0) is 24.1 Å². The minimum absolute atomic E-state index is 0.240. The zero-order valence-electron chi connectivity index (χ0n) is 10.5. The van der Waals surface area contributed by atoms with Crippen LogP contribution in [0.1, 0.15) is 22.8 Å². The number of benzene rings is 1. The maximum Gasteiger partial charge on any atom is 0.249 e. The Kier molecular flexibility index (Phi) is 4.01. The van der Waals surface area contributed by atoms with E-state index in [1.807, 2.05) is 18.7 Å². The molecule has 1 aromatic carbocycles. The molecule has 5 heteroatoms. The molecule has 0 saturated carbocycles. The molecular formula is C13H18N2O2S. The van der Waals surface area contributed by atoms with Crippen LogP contribution in [-0.4, -0.2) is 35.6 Å². The fourth-order valence-electron chi connectivity index (χ4n) is 2.35. The van der Waals surface area contributed by atoms with Crippen LogP contribution in [0.4, 0.5) is 5.69 Å².